The van der Waals surface area contributed by atoms with Crippen LogP contribution in [0.25, 0.3) is 0 Å². The molecule has 0 fully saturated rings. The number of aliphatic hydroxyl groups excluding tert-OH is 1. The van der Waals surface area contributed by atoms with Gasteiger partial charge in [0, 0.05) is 12.6 Å². The fourth-order valence-electron chi connectivity index (χ4n) is 2.39. The van der Waals surface area contributed by atoms with Crippen LogP contribution in [0.2, 0.25) is 0 Å². The van der Waals surface area contributed by atoms with E-state index in [4.69, 9.17) is 9.84 Å². The molecule has 0 amide bonds. The van der Waals surface area contributed by atoms with Gasteiger partial charge in [-0.05, 0) is 51.4 Å². The number of hydrogen-bond donors (Lipinski definition) is 1. The molecule has 0 aliphatic carbocycles. The van der Waals surface area contributed by atoms with Gasteiger partial charge < -0.3 is 14.7 Å². The number of ether oxygens (including phenoxy) is 1. The Morgan fingerprint density at radius 2 is 1.85 bits per heavy atom. The molecule has 0 heterocycles. The molecule has 0 bridgehead atoms. The summed E-state index contributed by atoms with van der Waals surface area (Å²) in [5.41, 5.74) is 1.27. The average molecular weight is 279 g/mol. The summed E-state index contributed by atoms with van der Waals surface area (Å²) in [6.07, 6.45) is 5.47. The molecule has 0 aliphatic heterocycles. The van der Waals surface area contributed by atoms with Crippen LogP contribution in [0.5, 0.6) is 5.75 Å². The fraction of sp³-hybridized carbons (Fsp3) is 0.647. The number of benzene rings is 1. The molecule has 0 radical (unpaired) electrons. The van der Waals surface area contributed by atoms with Gasteiger partial charge in [-0.25, -0.2) is 0 Å². The van der Waals surface area contributed by atoms with Crippen molar-refractivity contribution in [2.75, 3.05) is 27.3 Å². The van der Waals surface area contributed by atoms with Crippen LogP contribution >= 0.6 is 0 Å². The van der Waals surface area contributed by atoms with E-state index in [1.54, 1.807) is 7.11 Å². The van der Waals surface area contributed by atoms with Gasteiger partial charge >= 0.3 is 0 Å². The third kappa shape index (κ3) is 5.93. The summed E-state index contributed by atoms with van der Waals surface area (Å²) in [7, 11) is 3.92. The van der Waals surface area contributed by atoms with Crippen molar-refractivity contribution in [3.8, 4) is 5.75 Å². The number of methoxy groups -OCH3 is 1. The highest BCUT2D eigenvalue weighted by molar-refractivity contribution is 5.33. The van der Waals surface area contributed by atoms with Crippen LogP contribution in [0.3, 0.4) is 0 Å². The number of likely N-dealkylation sites (N-methyl/N-ethyl adjacent to an activating group) is 1. The number of hydrogen-bond acceptors (Lipinski definition) is 3. The number of nitrogens with zero attached hydrogens (tertiary/aromatic N) is 1. The normalized spacial score (nSPS) is 12.7. The van der Waals surface area contributed by atoms with E-state index < -0.39 is 0 Å². The van der Waals surface area contributed by atoms with Crippen LogP contribution in [-0.2, 0) is 6.42 Å². The van der Waals surface area contributed by atoms with Crippen molar-refractivity contribution in [3.05, 3.63) is 29.8 Å². The van der Waals surface area contributed by atoms with Crippen molar-refractivity contribution in [1.29, 1.82) is 0 Å². The average Bonchev–Trinajstić information content (AvgIpc) is 2.47. The number of aliphatic hydroxyl groups is 1. The van der Waals surface area contributed by atoms with Crippen LogP contribution in [0, 0.1) is 0 Å². The molecule has 1 unspecified atom stereocenters. The van der Waals surface area contributed by atoms with Crippen LogP contribution < -0.4 is 4.74 Å². The molecule has 0 saturated carbocycles. The van der Waals surface area contributed by atoms with E-state index in [-0.39, 0.29) is 0 Å². The summed E-state index contributed by atoms with van der Waals surface area (Å²) >= 11 is 0. The third-order valence-electron chi connectivity index (χ3n) is 3.88. The standard InChI is InChI=1S/C17H29NO2/c1-15(18(2)12-8-4-5-9-13-19)14-16-10-6-7-11-17(16)20-3/h6-7,10-11,15,19H,4-5,8-9,12-14H2,1-3H3. The Hall–Kier alpha value is -1.06. The Labute approximate surface area is 123 Å². The van der Waals surface area contributed by atoms with Crippen molar-refractivity contribution in [2.24, 2.45) is 0 Å². The van der Waals surface area contributed by atoms with Gasteiger partial charge in [-0.15, -0.1) is 0 Å². The van der Waals surface area contributed by atoms with Crippen molar-refractivity contribution >= 4 is 0 Å². The van der Waals surface area contributed by atoms with Crippen molar-refractivity contribution in [1.82, 2.24) is 4.90 Å². The van der Waals surface area contributed by atoms with Gasteiger partial charge in [-0.3, -0.25) is 0 Å². The lowest BCUT2D eigenvalue weighted by molar-refractivity contribution is 0.244. The van der Waals surface area contributed by atoms with Crippen LogP contribution in [-0.4, -0.2) is 43.4 Å². The summed E-state index contributed by atoms with van der Waals surface area (Å²) in [5, 5.41) is 8.75. The lowest BCUT2D eigenvalue weighted by atomic mass is 10.0. The second kappa shape index (κ2) is 9.78. The quantitative estimate of drug-likeness (QED) is 0.668. The van der Waals surface area contributed by atoms with Crippen molar-refractivity contribution < 1.29 is 9.84 Å². The molecule has 0 aromatic heterocycles. The van der Waals surface area contributed by atoms with Gasteiger partial charge in [-0.1, -0.05) is 31.0 Å². The molecule has 3 nitrogen and oxygen atoms in total. The summed E-state index contributed by atoms with van der Waals surface area (Å²) in [5.74, 6) is 0.982. The minimum atomic E-state index is 0.319. The van der Waals surface area contributed by atoms with Crippen molar-refractivity contribution in [3.63, 3.8) is 0 Å². The van der Waals surface area contributed by atoms with Gasteiger partial charge in [-0.2, -0.15) is 0 Å². The zero-order valence-corrected chi connectivity index (χ0v) is 13.1. The fourth-order valence-corrected chi connectivity index (χ4v) is 2.39. The van der Waals surface area contributed by atoms with E-state index in [1.165, 1.54) is 18.4 Å². The lowest BCUT2D eigenvalue weighted by Crippen LogP contribution is -2.31. The van der Waals surface area contributed by atoms with E-state index >= 15 is 0 Å². The molecule has 1 aromatic carbocycles. The molecule has 0 aliphatic rings. The summed E-state index contributed by atoms with van der Waals surface area (Å²) in [6, 6.07) is 8.75. The van der Waals surface area contributed by atoms with Gasteiger partial charge in [0.25, 0.3) is 0 Å². The number of rotatable bonds is 10. The molecule has 0 spiro atoms. The summed E-state index contributed by atoms with van der Waals surface area (Å²) in [4.78, 5) is 2.41. The minimum absolute atomic E-state index is 0.319. The van der Waals surface area contributed by atoms with E-state index in [0.29, 0.717) is 12.6 Å². The molecule has 1 aromatic rings. The minimum Gasteiger partial charge on any atom is -0.496 e. The summed E-state index contributed by atoms with van der Waals surface area (Å²) < 4.78 is 5.41. The highest BCUT2D eigenvalue weighted by Gasteiger charge is 2.12. The first-order valence-electron chi connectivity index (χ1n) is 7.62. The molecule has 1 rings (SSSR count). The SMILES string of the molecule is COc1ccccc1CC(C)N(C)CCCCCCO. The topological polar surface area (TPSA) is 32.7 Å². The number of para-hydroxylation sites is 1. The molecule has 1 N–H and O–H groups in total. The highest BCUT2D eigenvalue weighted by Crippen LogP contribution is 2.20. The maximum atomic E-state index is 8.75. The Morgan fingerprint density at radius 1 is 1.15 bits per heavy atom. The van der Waals surface area contributed by atoms with E-state index in [0.717, 1.165) is 31.6 Å². The van der Waals surface area contributed by atoms with E-state index in [2.05, 4.69) is 31.0 Å². The first-order chi connectivity index (χ1) is 9.69. The number of unbranched alkanes of at least 4 members (excludes halogenated alkanes) is 3. The van der Waals surface area contributed by atoms with Crippen LogP contribution in [0.15, 0.2) is 24.3 Å². The smallest absolute Gasteiger partial charge is 0.122 e. The summed E-state index contributed by atoms with van der Waals surface area (Å²) in [6.45, 7) is 3.70. The second-order valence-corrected chi connectivity index (χ2v) is 5.48. The molecule has 114 valence electrons. The zero-order valence-electron chi connectivity index (χ0n) is 13.1. The zero-order chi connectivity index (χ0) is 14.8. The molecule has 1 atom stereocenters. The molecular weight excluding hydrogens is 250 g/mol. The first-order valence-corrected chi connectivity index (χ1v) is 7.62. The Kier molecular flexibility index (Phi) is 8.31. The van der Waals surface area contributed by atoms with Gasteiger partial charge in [0.05, 0.1) is 7.11 Å². The Bertz CT molecular complexity index is 368. The second-order valence-electron chi connectivity index (χ2n) is 5.48. The largest absolute Gasteiger partial charge is 0.496 e. The van der Waals surface area contributed by atoms with Crippen LogP contribution in [0.1, 0.15) is 38.2 Å². The Morgan fingerprint density at radius 3 is 2.55 bits per heavy atom. The maximum absolute atomic E-state index is 8.75. The third-order valence-corrected chi connectivity index (χ3v) is 3.88. The van der Waals surface area contributed by atoms with Crippen molar-refractivity contribution in [2.45, 2.75) is 45.1 Å². The molecule has 20 heavy (non-hydrogen) atoms. The molecule has 3 heteroatoms. The van der Waals surface area contributed by atoms with E-state index in [9.17, 15) is 0 Å². The predicted molar refractivity (Wildman–Crippen MR) is 84.3 cm³/mol. The molecular formula is C17H29NO2. The monoisotopic (exact) mass is 279 g/mol. The molecule has 0 saturated heterocycles. The maximum Gasteiger partial charge on any atom is 0.122 e. The van der Waals surface area contributed by atoms with E-state index in [1.807, 2.05) is 12.1 Å². The Balaban J connectivity index is 2.35. The lowest BCUT2D eigenvalue weighted by Gasteiger charge is -2.25. The van der Waals surface area contributed by atoms with Crippen LogP contribution in [0.4, 0.5) is 0 Å². The van der Waals surface area contributed by atoms with Gasteiger partial charge in [0.15, 0.2) is 0 Å². The van der Waals surface area contributed by atoms with Gasteiger partial charge in [0.2, 0.25) is 0 Å². The van der Waals surface area contributed by atoms with Gasteiger partial charge in [0.1, 0.15) is 5.75 Å². The highest BCUT2D eigenvalue weighted by atomic mass is 16.5. The first kappa shape index (κ1) is 17.0. The predicted octanol–water partition coefficient (Wildman–Crippen LogP) is 3.11.